The van der Waals surface area contributed by atoms with Gasteiger partial charge < -0.3 is 0 Å². The zero-order valence-electron chi connectivity index (χ0n) is 11.6. The molecule has 0 saturated carbocycles. The minimum atomic E-state index is 0.514. The monoisotopic (exact) mass is 278 g/mol. The van der Waals surface area contributed by atoms with Crippen LogP contribution < -0.4 is 0 Å². The Kier molecular flexibility index (Phi) is 4.08. The highest BCUT2D eigenvalue weighted by molar-refractivity contribution is 7.98. The molecular formula is C19H18S. The van der Waals surface area contributed by atoms with Crippen LogP contribution in [0.2, 0.25) is 0 Å². The second kappa shape index (κ2) is 6.15. The molecule has 0 spiro atoms. The van der Waals surface area contributed by atoms with Gasteiger partial charge in [-0.2, -0.15) is 0 Å². The lowest BCUT2D eigenvalue weighted by Crippen LogP contribution is -1.90. The highest BCUT2D eigenvalue weighted by Gasteiger charge is 2.07. The average Bonchev–Trinajstić information content (AvgIpc) is 2.53. The van der Waals surface area contributed by atoms with Crippen molar-refractivity contribution in [3.05, 3.63) is 83.9 Å². The van der Waals surface area contributed by atoms with E-state index in [0.29, 0.717) is 5.25 Å². The maximum absolute atomic E-state index is 2.32. The van der Waals surface area contributed by atoms with Crippen LogP contribution in [-0.2, 0) is 5.75 Å². The number of benzene rings is 3. The normalized spacial score (nSPS) is 12.4. The maximum Gasteiger partial charge on any atom is 0.0272 e. The van der Waals surface area contributed by atoms with Gasteiger partial charge in [0.15, 0.2) is 0 Å². The third kappa shape index (κ3) is 3.05. The fourth-order valence-electron chi connectivity index (χ4n) is 2.35. The van der Waals surface area contributed by atoms with Crippen LogP contribution in [0.4, 0.5) is 0 Å². The molecule has 0 aliphatic rings. The SMILES string of the molecule is CC(SCc1ccccc1)c1ccc2ccccc2c1. The first-order valence-corrected chi connectivity index (χ1v) is 8.02. The van der Waals surface area contributed by atoms with E-state index in [-0.39, 0.29) is 0 Å². The minimum Gasteiger partial charge on any atom is -0.149 e. The quantitative estimate of drug-likeness (QED) is 0.578. The summed E-state index contributed by atoms with van der Waals surface area (Å²) in [6.45, 7) is 2.29. The van der Waals surface area contributed by atoms with Crippen molar-refractivity contribution in [3.8, 4) is 0 Å². The second-order valence-corrected chi connectivity index (χ2v) is 6.37. The smallest absolute Gasteiger partial charge is 0.0272 e. The lowest BCUT2D eigenvalue weighted by Gasteiger charge is -2.12. The number of hydrogen-bond donors (Lipinski definition) is 0. The molecule has 0 fully saturated rings. The fraction of sp³-hybridized carbons (Fsp3) is 0.158. The van der Waals surface area contributed by atoms with E-state index in [1.807, 2.05) is 11.8 Å². The van der Waals surface area contributed by atoms with Gasteiger partial charge in [-0.05, 0) is 28.8 Å². The first-order chi connectivity index (χ1) is 9.83. The van der Waals surface area contributed by atoms with Crippen LogP contribution in [-0.4, -0.2) is 0 Å². The molecule has 0 saturated heterocycles. The van der Waals surface area contributed by atoms with Crippen LogP contribution in [0, 0.1) is 0 Å². The lowest BCUT2D eigenvalue weighted by molar-refractivity contribution is 1.10. The van der Waals surface area contributed by atoms with Crippen molar-refractivity contribution in [2.75, 3.05) is 0 Å². The molecule has 0 amide bonds. The predicted molar refractivity (Wildman–Crippen MR) is 90.1 cm³/mol. The van der Waals surface area contributed by atoms with Crippen molar-refractivity contribution in [2.24, 2.45) is 0 Å². The summed E-state index contributed by atoms with van der Waals surface area (Å²) in [7, 11) is 0. The lowest BCUT2D eigenvalue weighted by atomic mass is 10.1. The van der Waals surface area contributed by atoms with Crippen LogP contribution in [0.25, 0.3) is 10.8 Å². The summed E-state index contributed by atoms with van der Waals surface area (Å²) < 4.78 is 0. The molecule has 1 unspecified atom stereocenters. The summed E-state index contributed by atoms with van der Waals surface area (Å²) in [5.41, 5.74) is 2.80. The zero-order valence-corrected chi connectivity index (χ0v) is 12.4. The summed E-state index contributed by atoms with van der Waals surface area (Å²) in [6, 6.07) is 26.0. The van der Waals surface area contributed by atoms with E-state index in [1.54, 1.807) is 0 Å². The molecule has 100 valence electrons. The summed E-state index contributed by atoms with van der Waals surface area (Å²) in [5.74, 6) is 1.06. The summed E-state index contributed by atoms with van der Waals surface area (Å²) in [6.07, 6.45) is 0. The summed E-state index contributed by atoms with van der Waals surface area (Å²) in [4.78, 5) is 0. The Morgan fingerprint density at radius 1 is 0.800 bits per heavy atom. The molecule has 1 atom stereocenters. The molecule has 3 aromatic rings. The Morgan fingerprint density at radius 2 is 1.50 bits per heavy atom. The molecule has 0 aliphatic carbocycles. The van der Waals surface area contributed by atoms with Crippen LogP contribution in [0.1, 0.15) is 23.3 Å². The molecule has 0 N–H and O–H groups in total. The molecule has 3 aromatic carbocycles. The van der Waals surface area contributed by atoms with Gasteiger partial charge in [-0.25, -0.2) is 0 Å². The molecule has 0 aromatic heterocycles. The predicted octanol–water partition coefficient (Wildman–Crippen LogP) is 5.83. The van der Waals surface area contributed by atoms with Gasteiger partial charge in [0.05, 0.1) is 0 Å². The van der Waals surface area contributed by atoms with Gasteiger partial charge in [0.25, 0.3) is 0 Å². The first-order valence-electron chi connectivity index (χ1n) is 6.97. The van der Waals surface area contributed by atoms with Gasteiger partial charge in [0.2, 0.25) is 0 Å². The highest BCUT2D eigenvalue weighted by atomic mass is 32.2. The largest absolute Gasteiger partial charge is 0.149 e. The van der Waals surface area contributed by atoms with Crippen molar-refractivity contribution < 1.29 is 0 Å². The number of fused-ring (bicyclic) bond motifs is 1. The van der Waals surface area contributed by atoms with E-state index in [2.05, 4.69) is 79.7 Å². The average molecular weight is 278 g/mol. The minimum absolute atomic E-state index is 0.514. The Balaban J connectivity index is 1.73. The van der Waals surface area contributed by atoms with Gasteiger partial charge in [0, 0.05) is 11.0 Å². The summed E-state index contributed by atoms with van der Waals surface area (Å²) >= 11 is 1.99. The second-order valence-electron chi connectivity index (χ2n) is 5.05. The zero-order chi connectivity index (χ0) is 13.8. The molecule has 0 heterocycles. The number of thioether (sulfide) groups is 1. The third-order valence-electron chi connectivity index (χ3n) is 3.59. The van der Waals surface area contributed by atoms with E-state index in [0.717, 1.165) is 5.75 Å². The molecule has 0 nitrogen and oxygen atoms in total. The van der Waals surface area contributed by atoms with Crippen LogP contribution in [0.3, 0.4) is 0 Å². The van der Waals surface area contributed by atoms with Crippen LogP contribution in [0.5, 0.6) is 0 Å². The number of rotatable bonds is 4. The number of hydrogen-bond acceptors (Lipinski definition) is 1. The van der Waals surface area contributed by atoms with Crippen molar-refractivity contribution in [1.29, 1.82) is 0 Å². The van der Waals surface area contributed by atoms with Gasteiger partial charge in [-0.1, -0.05) is 72.8 Å². The molecule has 0 bridgehead atoms. The van der Waals surface area contributed by atoms with E-state index in [1.165, 1.54) is 21.9 Å². The van der Waals surface area contributed by atoms with Crippen molar-refractivity contribution in [1.82, 2.24) is 0 Å². The van der Waals surface area contributed by atoms with Crippen molar-refractivity contribution >= 4 is 22.5 Å². The Hall–Kier alpha value is -1.73. The fourth-order valence-corrected chi connectivity index (χ4v) is 3.33. The Labute approximate surface area is 124 Å². The summed E-state index contributed by atoms with van der Waals surface area (Å²) in [5, 5.41) is 3.16. The molecule has 20 heavy (non-hydrogen) atoms. The van der Waals surface area contributed by atoms with Gasteiger partial charge in [-0.15, -0.1) is 11.8 Å². The molecule has 1 heteroatoms. The molecule has 0 aliphatic heterocycles. The van der Waals surface area contributed by atoms with E-state index < -0.39 is 0 Å². The van der Waals surface area contributed by atoms with E-state index >= 15 is 0 Å². The molecule has 0 radical (unpaired) electrons. The van der Waals surface area contributed by atoms with E-state index in [4.69, 9.17) is 0 Å². The van der Waals surface area contributed by atoms with Crippen LogP contribution >= 0.6 is 11.8 Å². The topological polar surface area (TPSA) is 0 Å². The van der Waals surface area contributed by atoms with Gasteiger partial charge >= 0.3 is 0 Å². The molecule has 3 rings (SSSR count). The van der Waals surface area contributed by atoms with E-state index in [9.17, 15) is 0 Å². The maximum atomic E-state index is 2.32. The van der Waals surface area contributed by atoms with Crippen molar-refractivity contribution in [2.45, 2.75) is 17.9 Å². The molecular weight excluding hydrogens is 260 g/mol. The van der Waals surface area contributed by atoms with Crippen molar-refractivity contribution in [3.63, 3.8) is 0 Å². The Bertz CT molecular complexity index is 688. The first kappa shape index (κ1) is 13.3. The standard InChI is InChI=1S/C19H18S/c1-15(20-14-16-7-3-2-4-8-16)18-12-11-17-9-5-6-10-19(17)13-18/h2-13,15H,14H2,1H3. The third-order valence-corrected chi connectivity index (χ3v) is 4.86. The highest BCUT2D eigenvalue weighted by Crippen LogP contribution is 2.32. The van der Waals surface area contributed by atoms with Crippen LogP contribution in [0.15, 0.2) is 72.8 Å². The van der Waals surface area contributed by atoms with Gasteiger partial charge in [-0.3, -0.25) is 0 Å². The Morgan fingerprint density at radius 3 is 2.30 bits per heavy atom. The van der Waals surface area contributed by atoms with Gasteiger partial charge in [0.1, 0.15) is 0 Å².